The van der Waals surface area contributed by atoms with Crippen molar-refractivity contribution in [2.24, 2.45) is 0 Å². The van der Waals surface area contributed by atoms with E-state index in [1.54, 1.807) is 7.11 Å². The van der Waals surface area contributed by atoms with Crippen LogP contribution in [-0.2, 0) is 9.47 Å². The maximum absolute atomic E-state index is 10.7. The predicted molar refractivity (Wildman–Crippen MR) is 95.4 cm³/mol. The number of ether oxygens (including phenoxy) is 2. The molecule has 4 nitrogen and oxygen atoms in total. The zero-order valence-corrected chi connectivity index (χ0v) is 14.7. The third-order valence-electron chi connectivity index (χ3n) is 4.17. The van der Waals surface area contributed by atoms with E-state index in [2.05, 4.69) is 32.2 Å². The van der Waals surface area contributed by atoms with Crippen molar-refractivity contribution in [3.05, 3.63) is 58.7 Å². The van der Waals surface area contributed by atoms with Crippen molar-refractivity contribution < 1.29 is 14.6 Å². The Kier molecular flexibility index (Phi) is 4.52. The van der Waals surface area contributed by atoms with Crippen molar-refractivity contribution in [3.8, 4) is 0 Å². The molecule has 1 heterocycles. The highest BCUT2D eigenvalue weighted by Gasteiger charge is 2.29. The Labute approximate surface area is 142 Å². The van der Waals surface area contributed by atoms with Crippen molar-refractivity contribution in [1.29, 1.82) is 0 Å². The molecular weight excluding hydrogens is 302 g/mol. The molecule has 0 radical (unpaired) electrons. The first-order valence-electron chi connectivity index (χ1n) is 8.27. The van der Waals surface area contributed by atoms with E-state index in [0.717, 1.165) is 21.8 Å². The molecule has 1 aromatic carbocycles. The Morgan fingerprint density at radius 1 is 1.25 bits per heavy atom. The topological polar surface area (TPSA) is 50.7 Å². The van der Waals surface area contributed by atoms with E-state index in [1.807, 2.05) is 36.4 Å². The number of hydrogen-bond donors (Lipinski definition) is 2. The van der Waals surface area contributed by atoms with Gasteiger partial charge in [-0.05, 0) is 38.1 Å². The number of allylic oxidation sites excluding steroid dienone is 2. The van der Waals surface area contributed by atoms with Crippen LogP contribution >= 0.6 is 0 Å². The Balaban J connectivity index is 2.10. The summed E-state index contributed by atoms with van der Waals surface area (Å²) in [5.41, 5.74) is 0.944. The highest BCUT2D eigenvalue weighted by atomic mass is 16.5. The standard InChI is InChI=1S/C20H25NO3/c1-20(2,3)21-12-15(22)19-14-9-6-5-8-13(14)18-16(23-4)10-7-11-17(18)24-19/h5-11,15,17,21-22H,12H2,1-4H3. The van der Waals surface area contributed by atoms with E-state index < -0.39 is 6.10 Å². The summed E-state index contributed by atoms with van der Waals surface area (Å²) in [6.07, 6.45) is 4.90. The first kappa shape index (κ1) is 16.8. The fourth-order valence-corrected chi connectivity index (χ4v) is 3.02. The molecule has 2 unspecified atom stereocenters. The number of aliphatic hydroxyl groups excluding tert-OH is 1. The lowest BCUT2D eigenvalue weighted by molar-refractivity contribution is 0.136. The summed E-state index contributed by atoms with van der Waals surface area (Å²) in [7, 11) is 1.67. The molecule has 3 rings (SSSR count). The van der Waals surface area contributed by atoms with Gasteiger partial charge >= 0.3 is 0 Å². The van der Waals surface area contributed by atoms with Crippen molar-refractivity contribution in [2.75, 3.05) is 13.7 Å². The van der Waals surface area contributed by atoms with E-state index in [1.165, 1.54) is 0 Å². The normalized spacial score (nSPS) is 20.7. The molecule has 0 bridgehead atoms. The Hall–Kier alpha value is -2.04. The van der Waals surface area contributed by atoms with Crippen LogP contribution in [0.3, 0.4) is 0 Å². The van der Waals surface area contributed by atoms with Crippen LogP contribution in [0.15, 0.2) is 48.3 Å². The van der Waals surface area contributed by atoms with Crippen LogP contribution in [0.1, 0.15) is 20.8 Å². The highest BCUT2D eigenvalue weighted by Crippen LogP contribution is 2.27. The summed E-state index contributed by atoms with van der Waals surface area (Å²) in [6, 6.07) is 8.00. The molecule has 0 saturated carbocycles. The van der Waals surface area contributed by atoms with Crippen LogP contribution in [0.4, 0.5) is 0 Å². The summed E-state index contributed by atoms with van der Waals surface area (Å²) in [4.78, 5) is 0. The van der Waals surface area contributed by atoms with E-state index in [9.17, 15) is 5.11 Å². The molecular formula is C20H25NO3. The maximum atomic E-state index is 10.7. The molecule has 2 atom stereocenters. The number of β-amino-alcohol motifs (C(OH)–C–C–N with tert-alkyl or cyclic N) is 1. The van der Waals surface area contributed by atoms with Gasteiger partial charge in [-0.15, -0.1) is 0 Å². The molecule has 128 valence electrons. The van der Waals surface area contributed by atoms with Gasteiger partial charge < -0.3 is 19.9 Å². The minimum absolute atomic E-state index is 0.0658. The number of fused-ring (bicyclic) bond motifs is 2. The second-order valence-corrected chi connectivity index (χ2v) is 7.13. The van der Waals surface area contributed by atoms with Crippen LogP contribution in [0.2, 0.25) is 0 Å². The van der Waals surface area contributed by atoms with E-state index >= 15 is 0 Å². The van der Waals surface area contributed by atoms with Crippen LogP contribution in [-0.4, -0.2) is 36.5 Å². The zero-order valence-electron chi connectivity index (χ0n) is 14.7. The molecule has 4 heteroatoms. The van der Waals surface area contributed by atoms with Gasteiger partial charge in [0.05, 0.1) is 7.11 Å². The van der Waals surface area contributed by atoms with Gasteiger partial charge in [0.2, 0.25) is 0 Å². The molecule has 0 aromatic heterocycles. The largest absolute Gasteiger partial charge is 0.496 e. The summed E-state index contributed by atoms with van der Waals surface area (Å²) >= 11 is 0. The Morgan fingerprint density at radius 3 is 2.62 bits per heavy atom. The van der Waals surface area contributed by atoms with Gasteiger partial charge in [-0.3, -0.25) is 0 Å². The number of methoxy groups -OCH3 is 1. The highest BCUT2D eigenvalue weighted by molar-refractivity contribution is 5.72. The van der Waals surface area contributed by atoms with Crippen molar-refractivity contribution in [3.63, 3.8) is 0 Å². The number of nitrogens with one attached hydrogen (secondary N) is 1. The predicted octanol–water partition coefficient (Wildman–Crippen LogP) is 1.19. The lowest BCUT2D eigenvalue weighted by Gasteiger charge is -2.31. The van der Waals surface area contributed by atoms with Gasteiger partial charge in [0.1, 0.15) is 23.7 Å². The van der Waals surface area contributed by atoms with Gasteiger partial charge in [0.15, 0.2) is 0 Å². The van der Waals surface area contributed by atoms with E-state index in [4.69, 9.17) is 9.47 Å². The molecule has 24 heavy (non-hydrogen) atoms. The van der Waals surface area contributed by atoms with Gasteiger partial charge in [-0.1, -0.05) is 30.3 Å². The van der Waals surface area contributed by atoms with Gasteiger partial charge in [-0.2, -0.15) is 0 Å². The van der Waals surface area contributed by atoms with Gasteiger partial charge in [0.25, 0.3) is 0 Å². The maximum Gasteiger partial charge on any atom is 0.146 e. The summed E-state index contributed by atoms with van der Waals surface area (Å²) in [5.74, 6) is 1.41. The number of hydrogen-bond acceptors (Lipinski definition) is 4. The molecule has 1 aliphatic carbocycles. The van der Waals surface area contributed by atoms with Crippen LogP contribution in [0.5, 0.6) is 0 Å². The third kappa shape index (κ3) is 3.25. The molecule has 0 fully saturated rings. The summed E-state index contributed by atoms with van der Waals surface area (Å²) < 4.78 is 11.7. The number of rotatable bonds is 4. The van der Waals surface area contributed by atoms with Gasteiger partial charge in [-0.25, -0.2) is 0 Å². The van der Waals surface area contributed by atoms with Crippen LogP contribution < -0.4 is 15.8 Å². The molecule has 1 aliphatic heterocycles. The first-order valence-corrected chi connectivity index (χ1v) is 8.27. The van der Waals surface area contributed by atoms with Crippen LogP contribution in [0.25, 0.3) is 11.3 Å². The first-order chi connectivity index (χ1) is 11.4. The lowest BCUT2D eigenvalue weighted by atomic mass is 9.95. The molecule has 2 aliphatic rings. The quantitative estimate of drug-likeness (QED) is 0.872. The summed E-state index contributed by atoms with van der Waals surface area (Å²) in [5, 5.41) is 16.0. The fraction of sp³-hybridized carbons (Fsp3) is 0.400. The SMILES string of the molecule is COC1=CC=CC2OC(C(O)CNC(C)(C)C)=c3ccccc3=C12. The average molecular weight is 327 g/mol. The minimum Gasteiger partial charge on any atom is -0.496 e. The second-order valence-electron chi connectivity index (χ2n) is 7.13. The fourth-order valence-electron chi connectivity index (χ4n) is 3.02. The van der Waals surface area contributed by atoms with Crippen molar-refractivity contribution in [2.45, 2.75) is 38.5 Å². The molecule has 1 aromatic rings. The second kappa shape index (κ2) is 6.46. The third-order valence-corrected chi connectivity index (χ3v) is 4.17. The van der Waals surface area contributed by atoms with Crippen molar-refractivity contribution >= 4 is 11.3 Å². The molecule has 0 spiro atoms. The lowest BCUT2D eigenvalue weighted by Crippen LogP contribution is -2.46. The number of benzene rings is 1. The molecule has 0 amide bonds. The minimum atomic E-state index is -0.711. The Morgan fingerprint density at radius 2 is 1.96 bits per heavy atom. The monoisotopic (exact) mass is 327 g/mol. The number of aliphatic hydroxyl groups is 1. The zero-order chi connectivity index (χ0) is 17.3. The molecule has 2 N–H and O–H groups in total. The van der Waals surface area contributed by atoms with E-state index in [-0.39, 0.29) is 11.6 Å². The van der Waals surface area contributed by atoms with Crippen LogP contribution in [0, 0.1) is 0 Å². The smallest absolute Gasteiger partial charge is 0.146 e. The van der Waals surface area contributed by atoms with E-state index in [0.29, 0.717) is 12.3 Å². The Bertz CT molecular complexity index is 799. The van der Waals surface area contributed by atoms with Gasteiger partial charge in [0, 0.05) is 22.9 Å². The van der Waals surface area contributed by atoms with Crippen molar-refractivity contribution in [1.82, 2.24) is 5.32 Å². The summed E-state index contributed by atoms with van der Waals surface area (Å²) in [6.45, 7) is 6.66. The molecule has 0 saturated heterocycles. The average Bonchev–Trinajstić information content (AvgIpc) is 2.57.